The fourth-order valence-corrected chi connectivity index (χ4v) is 5.26. The lowest BCUT2D eigenvalue weighted by Crippen LogP contribution is -2.49. The van der Waals surface area contributed by atoms with Crippen molar-refractivity contribution >= 4 is 18.0 Å². The maximum atomic E-state index is 13.3. The summed E-state index contributed by atoms with van der Waals surface area (Å²) in [5.74, 6) is -1.39. The number of fused-ring (bicyclic) bond motifs is 3. The Kier molecular flexibility index (Phi) is 7.15. The van der Waals surface area contributed by atoms with E-state index in [1.165, 1.54) is 0 Å². The molecule has 4 rings (SSSR count). The number of carboxylic acids is 1. The number of nitrogens with zero attached hydrogens (tertiary/aromatic N) is 1. The van der Waals surface area contributed by atoms with E-state index in [1.54, 1.807) is 11.8 Å². The van der Waals surface area contributed by atoms with Gasteiger partial charge in [-0.2, -0.15) is 0 Å². The molecule has 2 aromatic carbocycles. The molecular formula is C28H34N2O5. The summed E-state index contributed by atoms with van der Waals surface area (Å²) in [6.45, 7) is 6.21. The molecular weight excluding hydrogens is 444 g/mol. The molecule has 1 fully saturated rings. The van der Waals surface area contributed by atoms with E-state index in [0.29, 0.717) is 13.0 Å². The highest BCUT2D eigenvalue weighted by molar-refractivity contribution is 5.87. The minimum absolute atomic E-state index is 0.0614. The Hall–Kier alpha value is -3.35. The number of carboxylic acid groups (broad SMARTS) is 1. The molecule has 2 aromatic rings. The van der Waals surface area contributed by atoms with E-state index in [0.717, 1.165) is 35.1 Å². The molecule has 7 heteroatoms. The number of rotatable bonds is 8. The minimum atomic E-state index is -0.991. The summed E-state index contributed by atoms with van der Waals surface area (Å²) in [5, 5.41) is 12.4. The fourth-order valence-electron chi connectivity index (χ4n) is 5.26. The van der Waals surface area contributed by atoms with E-state index in [9.17, 15) is 19.5 Å². The molecule has 2 N–H and O–H groups in total. The molecule has 35 heavy (non-hydrogen) atoms. The highest BCUT2D eigenvalue weighted by Gasteiger charge is 2.48. The SMILES string of the molecule is CCCC[C@H](NC(=O)OCC1c2ccccc2-c2ccccc21)C(=O)N1C[C@H](C)[C@@](C)(C(=O)O)C1. The van der Waals surface area contributed by atoms with Crippen LogP contribution in [0.1, 0.15) is 57.1 Å². The zero-order valence-electron chi connectivity index (χ0n) is 20.6. The zero-order chi connectivity index (χ0) is 25.2. The third kappa shape index (κ3) is 4.77. The van der Waals surface area contributed by atoms with Gasteiger partial charge >= 0.3 is 12.1 Å². The summed E-state index contributed by atoms with van der Waals surface area (Å²) in [5.41, 5.74) is 3.56. The third-order valence-corrected chi connectivity index (χ3v) is 7.68. The molecule has 0 spiro atoms. The van der Waals surface area contributed by atoms with Gasteiger partial charge in [0, 0.05) is 19.0 Å². The van der Waals surface area contributed by atoms with Gasteiger partial charge < -0.3 is 20.1 Å². The van der Waals surface area contributed by atoms with Gasteiger partial charge in [-0.25, -0.2) is 4.79 Å². The van der Waals surface area contributed by atoms with E-state index in [2.05, 4.69) is 29.6 Å². The number of hydrogen-bond donors (Lipinski definition) is 2. The molecule has 0 saturated carbocycles. The van der Waals surface area contributed by atoms with Gasteiger partial charge in [0.05, 0.1) is 5.41 Å². The molecule has 186 valence electrons. The molecule has 0 unspecified atom stereocenters. The van der Waals surface area contributed by atoms with Crippen molar-refractivity contribution in [2.24, 2.45) is 11.3 Å². The van der Waals surface area contributed by atoms with Crippen molar-refractivity contribution in [2.75, 3.05) is 19.7 Å². The second-order valence-electron chi connectivity index (χ2n) is 10.0. The summed E-state index contributed by atoms with van der Waals surface area (Å²) < 4.78 is 5.65. The van der Waals surface area contributed by atoms with Crippen LogP contribution in [0.3, 0.4) is 0 Å². The molecule has 1 heterocycles. The number of alkyl carbamates (subject to hydrolysis) is 1. The average molecular weight is 479 g/mol. The molecule has 2 aliphatic rings. The number of nitrogens with one attached hydrogen (secondary N) is 1. The van der Waals surface area contributed by atoms with E-state index < -0.39 is 23.5 Å². The summed E-state index contributed by atoms with van der Waals surface area (Å²) in [6.07, 6.45) is 1.49. The molecule has 0 aromatic heterocycles. The van der Waals surface area contributed by atoms with Crippen LogP contribution in [0.25, 0.3) is 11.1 Å². The van der Waals surface area contributed by atoms with E-state index in [-0.39, 0.29) is 30.9 Å². The first-order valence-corrected chi connectivity index (χ1v) is 12.4. The topological polar surface area (TPSA) is 95.9 Å². The summed E-state index contributed by atoms with van der Waals surface area (Å²) in [4.78, 5) is 39.5. The smallest absolute Gasteiger partial charge is 0.407 e. The Morgan fingerprint density at radius 3 is 2.26 bits per heavy atom. The van der Waals surface area contributed by atoms with Crippen LogP contribution in [0.15, 0.2) is 48.5 Å². The minimum Gasteiger partial charge on any atom is -0.481 e. The second-order valence-corrected chi connectivity index (χ2v) is 10.0. The standard InChI is InChI=1S/C28H34N2O5/c1-4-5-14-24(25(31)30-15-18(2)28(3,17-30)26(32)33)29-27(34)35-16-23-21-12-8-6-10-19(21)20-11-7-9-13-22(20)23/h6-13,18,23-24H,4-5,14-17H2,1-3H3,(H,29,34)(H,32,33)/t18-,24-,28-/m0/s1. The lowest BCUT2D eigenvalue weighted by Gasteiger charge is -2.26. The number of likely N-dealkylation sites (tertiary alicyclic amines) is 1. The predicted octanol–water partition coefficient (Wildman–Crippen LogP) is 4.65. The lowest BCUT2D eigenvalue weighted by atomic mass is 9.81. The van der Waals surface area contributed by atoms with Crippen LogP contribution < -0.4 is 5.32 Å². The van der Waals surface area contributed by atoms with E-state index in [1.807, 2.05) is 38.1 Å². The third-order valence-electron chi connectivity index (χ3n) is 7.68. The second kappa shape index (κ2) is 10.1. The molecule has 7 nitrogen and oxygen atoms in total. The van der Waals surface area contributed by atoms with E-state index >= 15 is 0 Å². The first-order chi connectivity index (χ1) is 16.8. The van der Waals surface area contributed by atoms with Crippen molar-refractivity contribution in [1.29, 1.82) is 0 Å². The molecule has 1 saturated heterocycles. The number of aliphatic carboxylic acids is 1. The molecule has 3 atom stereocenters. The molecule has 0 bridgehead atoms. The number of amides is 2. The van der Waals surface area contributed by atoms with Gasteiger partial charge in [-0.3, -0.25) is 9.59 Å². The summed E-state index contributed by atoms with van der Waals surface area (Å²) >= 11 is 0. The highest BCUT2D eigenvalue weighted by Crippen LogP contribution is 2.44. The summed E-state index contributed by atoms with van der Waals surface area (Å²) in [7, 11) is 0. The number of hydrogen-bond acceptors (Lipinski definition) is 4. The van der Waals surface area contributed by atoms with Gasteiger partial charge in [-0.05, 0) is 41.5 Å². The van der Waals surface area contributed by atoms with Gasteiger partial charge in [0.25, 0.3) is 0 Å². The Labute approximate surface area is 206 Å². The van der Waals surface area contributed by atoms with Crippen molar-refractivity contribution in [3.8, 4) is 11.1 Å². The monoisotopic (exact) mass is 478 g/mol. The summed E-state index contributed by atoms with van der Waals surface area (Å²) in [6, 6.07) is 15.5. The normalized spacial score (nSPS) is 21.8. The van der Waals surface area contributed by atoms with Crippen LogP contribution in [0.2, 0.25) is 0 Å². The first-order valence-electron chi connectivity index (χ1n) is 12.4. The van der Waals surface area contributed by atoms with Crippen LogP contribution >= 0.6 is 0 Å². The van der Waals surface area contributed by atoms with Crippen LogP contribution in [0.5, 0.6) is 0 Å². The molecule has 2 amide bonds. The zero-order valence-corrected chi connectivity index (χ0v) is 20.6. The Morgan fingerprint density at radius 2 is 1.71 bits per heavy atom. The maximum Gasteiger partial charge on any atom is 0.407 e. The van der Waals surface area contributed by atoms with Crippen molar-refractivity contribution < 1.29 is 24.2 Å². The quantitative estimate of drug-likeness (QED) is 0.576. The highest BCUT2D eigenvalue weighted by atomic mass is 16.5. The van der Waals surface area contributed by atoms with Crippen LogP contribution in [-0.2, 0) is 14.3 Å². The molecule has 0 radical (unpaired) electrons. The van der Waals surface area contributed by atoms with Crippen molar-refractivity contribution in [1.82, 2.24) is 10.2 Å². The molecule has 1 aliphatic heterocycles. The van der Waals surface area contributed by atoms with Gasteiger partial charge in [-0.15, -0.1) is 0 Å². The van der Waals surface area contributed by atoms with Gasteiger partial charge in [-0.1, -0.05) is 75.2 Å². The Balaban J connectivity index is 1.43. The maximum absolute atomic E-state index is 13.3. The van der Waals surface area contributed by atoms with Gasteiger partial charge in [0.2, 0.25) is 5.91 Å². The Bertz CT molecular complexity index is 1070. The van der Waals surface area contributed by atoms with Crippen LogP contribution in [-0.4, -0.2) is 53.7 Å². The average Bonchev–Trinajstić information content (AvgIpc) is 3.34. The van der Waals surface area contributed by atoms with Crippen molar-refractivity contribution in [3.63, 3.8) is 0 Å². The van der Waals surface area contributed by atoms with Gasteiger partial charge in [0.1, 0.15) is 12.6 Å². The van der Waals surface area contributed by atoms with Crippen LogP contribution in [0.4, 0.5) is 4.79 Å². The van der Waals surface area contributed by atoms with Gasteiger partial charge in [0.15, 0.2) is 0 Å². The van der Waals surface area contributed by atoms with E-state index in [4.69, 9.17) is 4.74 Å². The first kappa shape index (κ1) is 24.8. The number of unbranched alkanes of at least 4 members (excludes halogenated alkanes) is 1. The van der Waals surface area contributed by atoms with Crippen molar-refractivity contribution in [3.05, 3.63) is 59.7 Å². The fraction of sp³-hybridized carbons (Fsp3) is 0.464. The lowest BCUT2D eigenvalue weighted by molar-refractivity contribution is -0.149. The number of benzene rings is 2. The van der Waals surface area contributed by atoms with Crippen LogP contribution in [0, 0.1) is 11.3 Å². The molecule has 1 aliphatic carbocycles. The number of carbonyl (C=O) groups is 3. The largest absolute Gasteiger partial charge is 0.481 e. The predicted molar refractivity (Wildman–Crippen MR) is 133 cm³/mol. The number of carbonyl (C=O) groups excluding carboxylic acids is 2. The Morgan fingerprint density at radius 1 is 1.11 bits per heavy atom. The number of ether oxygens (including phenoxy) is 1. The van der Waals surface area contributed by atoms with Crippen molar-refractivity contribution in [2.45, 2.75) is 52.0 Å².